The number of rotatable bonds is 4. The van der Waals surface area contributed by atoms with E-state index in [1.807, 2.05) is 13.8 Å². The molecule has 0 bridgehead atoms. The summed E-state index contributed by atoms with van der Waals surface area (Å²) in [5.41, 5.74) is 0. The van der Waals surface area contributed by atoms with Crippen LogP contribution in [0, 0.1) is 17.8 Å². The Bertz CT molecular complexity index is 422. The van der Waals surface area contributed by atoms with Crippen molar-refractivity contribution in [2.24, 2.45) is 17.8 Å². The van der Waals surface area contributed by atoms with Crippen molar-refractivity contribution in [1.82, 2.24) is 10.2 Å². The van der Waals surface area contributed by atoms with Gasteiger partial charge in [0.1, 0.15) is 6.04 Å². The predicted octanol–water partition coefficient (Wildman–Crippen LogP) is 2.79. The lowest BCUT2D eigenvalue weighted by Gasteiger charge is -2.36. The second-order valence-electron chi connectivity index (χ2n) is 7.41. The summed E-state index contributed by atoms with van der Waals surface area (Å²) in [5, 5.41) is 2.73. The summed E-state index contributed by atoms with van der Waals surface area (Å²) in [6.45, 7) is 8.30. The van der Waals surface area contributed by atoms with E-state index in [1.165, 1.54) is 20.0 Å². The third kappa shape index (κ3) is 3.23. The second kappa shape index (κ2) is 6.88. The van der Waals surface area contributed by atoms with Gasteiger partial charge in [0, 0.05) is 12.1 Å². The number of carbonyl (C=O) groups excluding carboxylic acids is 2. The van der Waals surface area contributed by atoms with E-state index in [2.05, 4.69) is 28.8 Å². The highest BCUT2D eigenvalue weighted by Gasteiger charge is 2.48. The molecule has 2 aliphatic rings. The van der Waals surface area contributed by atoms with Crippen molar-refractivity contribution in [3.05, 3.63) is 0 Å². The molecular weight excluding hydrogens is 280 g/mol. The van der Waals surface area contributed by atoms with Crippen molar-refractivity contribution in [1.29, 1.82) is 0 Å². The quantitative estimate of drug-likeness (QED) is 0.868. The fourth-order valence-corrected chi connectivity index (χ4v) is 4.11. The molecule has 22 heavy (non-hydrogen) atoms. The van der Waals surface area contributed by atoms with Crippen LogP contribution >= 0.6 is 0 Å². The van der Waals surface area contributed by atoms with E-state index in [4.69, 9.17) is 0 Å². The van der Waals surface area contributed by atoms with Crippen LogP contribution in [0.3, 0.4) is 0 Å². The first-order chi connectivity index (χ1) is 10.4. The summed E-state index contributed by atoms with van der Waals surface area (Å²) >= 11 is 0. The molecule has 126 valence electrons. The van der Waals surface area contributed by atoms with Gasteiger partial charge in [-0.1, -0.05) is 34.1 Å². The Morgan fingerprint density at radius 3 is 2.41 bits per heavy atom. The highest BCUT2D eigenvalue weighted by Crippen LogP contribution is 2.43. The van der Waals surface area contributed by atoms with E-state index in [9.17, 15) is 9.59 Å². The Hall–Kier alpha value is -1.26. The number of carbonyl (C=O) groups is 2. The van der Waals surface area contributed by atoms with Gasteiger partial charge in [0.25, 0.3) is 0 Å². The molecule has 1 saturated heterocycles. The number of fused-ring (bicyclic) bond motifs is 1. The van der Waals surface area contributed by atoms with Gasteiger partial charge < -0.3 is 15.0 Å². The van der Waals surface area contributed by atoms with E-state index in [0.29, 0.717) is 23.9 Å². The van der Waals surface area contributed by atoms with Gasteiger partial charge in [-0.15, -0.1) is 0 Å². The Labute approximate surface area is 133 Å². The number of likely N-dealkylation sites (tertiary alicyclic amines) is 1. The van der Waals surface area contributed by atoms with Crippen molar-refractivity contribution in [3.63, 3.8) is 0 Å². The van der Waals surface area contributed by atoms with Crippen LogP contribution in [0.5, 0.6) is 0 Å². The molecule has 1 unspecified atom stereocenters. The number of hydrogen-bond donors (Lipinski definition) is 1. The molecule has 1 aliphatic heterocycles. The monoisotopic (exact) mass is 310 g/mol. The molecule has 1 heterocycles. The maximum Gasteiger partial charge on any atom is 0.407 e. The van der Waals surface area contributed by atoms with Gasteiger partial charge in [0.2, 0.25) is 5.91 Å². The largest absolute Gasteiger partial charge is 0.453 e. The number of alkyl carbamates (subject to hydrolysis) is 1. The summed E-state index contributed by atoms with van der Waals surface area (Å²) in [7, 11) is 1.33. The zero-order valence-electron chi connectivity index (χ0n) is 14.5. The Balaban J connectivity index is 2.20. The molecule has 5 nitrogen and oxygen atoms in total. The first kappa shape index (κ1) is 17.1. The molecule has 4 atom stereocenters. The van der Waals surface area contributed by atoms with Gasteiger partial charge in [0.05, 0.1) is 7.11 Å². The summed E-state index contributed by atoms with van der Waals surface area (Å²) in [6, 6.07) is 0.150. The van der Waals surface area contributed by atoms with Crippen molar-refractivity contribution in [3.8, 4) is 0 Å². The van der Waals surface area contributed by atoms with E-state index in [1.54, 1.807) is 0 Å². The average Bonchev–Trinajstić information content (AvgIpc) is 3.03. The molecular formula is C17H30N2O3. The minimum atomic E-state index is -0.532. The van der Waals surface area contributed by atoms with Crippen molar-refractivity contribution >= 4 is 12.0 Å². The van der Waals surface area contributed by atoms with Crippen LogP contribution in [0.2, 0.25) is 0 Å². The lowest BCUT2D eigenvalue weighted by Crippen LogP contribution is -2.55. The van der Waals surface area contributed by atoms with Crippen LogP contribution in [-0.2, 0) is 9.53 Å². The first-order valence-corrected chi connectivity index (χ1v) is 8.53. The number of methoxy groups -OCH3 is 1. The summed E-state index contributed by atoms with van der Waals surface area (Å²) in [5.74, 6) is 1.19. The lowest BCUT2D eigenvalue weighted by molar-refractivity contribution is -0.138. The molecule has 2 rings (SSSR count). The summed E-state index contributed by atoms with van der Waals surface area (Å²) in [4.78, 5) is 26.8. The third-order valence-electron chi connectivity index (χ3n) is 5.29. The molecule has 0 aromatic carbocycles. The molecule has 0 aromatic rings. The average molecular weight is 310 g/mol. The minimum absolute atomic E-state index is 0.0415. The molecule has 0 spiro atoms. The lowest BCUT2D eigenvalue weighted by atomic mass is 9.95. The number of nitrogens with one attached hydrogen (secondary N) is 1. The van der Waals surface area contributed by atoms with Crippen molar-refractivity contribution < 1.29 is 14.3 Å². The molecule has 2 amide bonds. The molecule has 1 N–H and O–H groups in total. The smallest absolute Gasteiger partial charge is 0.407 e. The number of amides is 2. The van der Waals surface area contributed by atoms with Gasteiger partial charge in [-0.2, -0.15) is 0 Å². The fraction of sp³-hybridized carbons (Fsp3) is 0.882. The zero-order chi connectivity index (χ0) is 16.4. The normalized spacial score (nSPS) is 28.9. The first-order valence-electron chi connectivity index (χ1n) is 8.53. The third-order valence-corrected chi connectivity index (χ3v) is 5.29. The second-order valence-corrected chi connectivity index (χ2v) is 7.41. The van der Waals surface area contributed by atoms with Crippen LogP contribution in [0.15, 0.2) is 0 Å². The summed E-state index contributed by atoms with van der Waals surface area (Å²) < 4.78 is 4.68. The Morgan fingerprint density at radius 1 is 1.18 bits per heavy atom. The van der Waals surface area contributed by atoms with Crippen LogP contribution in [0.25, 0.3) is 0 Å². The van der Waals surface area contributed by atoms with E-state index >= 15 is 0 Å². The van der Waals surface area contributed by atoms with Gasteiger partial charge in [-0.3, -0.25) is 4.79 Å². The summed E-state index contributed by atoms with van der Waals surface area (Å²) in [6.07, 6.45) is 4.12. The SMILES string of the molecule is COC(=O)N[C@H](C(=O)N1C(C(C)C)C[C@@H]2CCC[C@@H]21)C(C)C. The van der Waals surface area contributed by atoms with Gasteiger partial charge in [-0.25, -0.2) is 4.79 Å². The van der Waals surface area contributed by atoms with Crippen molar-refractivity contribution in [2.45, 2.75) is 71.5 Å². The van der Waals surface area contributed by atoms with E-state index in [-0.39, 0.29) is 11.8 Å². The molecule has 0 aromatic heterocycles. The standard InChI is InChI=1S/C17H30N2O3/c1-10(2)14-9-12-7-6-8-13(12)19(14)16(20)15(11(3)4)18-17(21)22-5/h10-15H,6-9H2,1-5H3,(H,18,21)/t12-,13-,14?,15-/m0/s1. The number of ether oxygens (including phenoxy) is 1. The van der Waals surface area contributed by atoms with Crippen LogP contribution in [-0.4, -0.2) is 42.1 Å². The van der Waals surface area contributed by atoms with E-state index < -0.39 is 12.1 Å². The minimum Gasteiger partial charge on any atom is -0.453 e. The maximum atomic E-state index is 13.2. The van der Waals surface area contributed by atoms with Crippen LogP contribution in [0.4, 0.5) is 4.79 Å². The van der Waals surface area contributed by atoms with Gasteiger partial charge >= 0.3 is 6.09 Å². The van der Waals surface area contributed by atoms with Gasteiger partial charge in [-0.05, 0) is 37.0 Å². The highest BCUT2D eigenvalue weighted by atomic mass is 16.5. The predicted molar refractivity (Wildman–Crippen MR) is 85.4 cm³/mol. The maximum absolute atomic E-state index is 13.2. The topological polar surface area (TPSA) is 58.6 Å². The Morgan fingerprint density at radius 2 is 1.86 bits per heavy atom. The highest BCUT2D eigenvalue weighted by molar-refractivity contribution is 5.86. The Kier molecular flexibility index (Phi) is 5.35. The molecule has 0 radical (unpaired) electrons. The zero-order valence-corrected chi connectivity index (χ0v) is 14.5. The van der Waals surface area contributed by atoms with Gasteiger partial charge in [0.15, 0.2) is 0 Å². The number of hydrogen-bond acceptors (Lipinski definition) is 3. The molecule has 1 saturated carbocycles. The fourth-order valence-electron chi connectivity index (χ4n) is 4.11. The van der Waals surface area contributed by atoms with Crippen LogP contribution in [0.1, 0.15) is 53.4 Å². The van der Waals surface area contributed by atoms with Crippen LogP contribution < -0.4 is 5.32 Å². The van der Waals surface area contributed by atoms with Crippen molar-refractivity contribution in [2.75, 3.05) is 7.11 Å². The molecule has 1 aliphatic carbocycles. The molecule has 5 heteroatoms. The van der Waals surface area contributed by atoms with E-state index in [0.717, 1.165) is 12.8 Å². The number of nitrogens with zero attached hydrogens (tertiary/aromatic N) is 1. The molecule has 2 fully saturated rings.